The summed E-state index contributed by atoms with van der Waals surface area (Å²) >= 11 is 0. The summed E-state index contributed by atoms with van der Waals surface area (Å²) < 4.78 is 22.4. The van der Waals surface area contributed by atoms with Gasteiger partial charge in [-0.2, -0.15) is 0 Å². The largest absolute Gasteiger partial charge is 0.478 e. The standard InChI is InChI=1S/C23H14O6/c24-16(20-12-14-6-1-3-8-17(14)28-20)13-27-23-21(25)15-7-2-4-9-18(15)29-22(23)19-10-5-11-26-19/h1-12H,13H2. The lowest BCUT2D eigenvalue weighted by Gasteiger charge is -2.09. The summed E-state index contributed by atoms with van der Waals surface area (Å²) in [5.41, 5.74) is 0.632. The summed E-state index contributed by atoms with van der Waals surface area (Å²) in [6.45, 7) is -0.378. The first-order valence-corrected chi connectivity index (χ1v) is 8.95. The molecule has 2 aromatic carbocycles. The highest BCUT2D eigenvalue weighted by molar-refractivity contribution is 5.98. The van der Waals surface area contributed by atoms with E-state index in [1.165, 1.54) is 6.26 Å². The molecule has 0 atom stereocenters. The Morgan fingerprint density at radius 2 is 1.69 bits per heavy atom. The molecule has 0 unspecified atom stereocenters. The molecule has 0 aliphatic rings. The van der Waals surface area contributed by atoms with Crippen LogP contribution >= 0.6 is 0 Å². The Morgan fingerprint density at radius 1 is 0.897 bits per heavy atom. The van der Waals surface area contributed by atoms with Gasteiger partial charge in [0.05, 0.1) is 11.6 Å². The van der Waals surface area contributed by atoms with Gasteiger partial charge in [0, 0.05) is 5.39 Å². The van der Waals surface area contributed by atoms with Crippen molar-refractivity contribution in [2.24, 2.45) is 0 Å². The number of rotatable bonds is 5. The number of furan rings is 2. The SMILES string of the molecule is O=C(COc1c(-c2ccco2)oc2ccccc2c1=O)c1cc2ccccc2o1. The van der Waals surface area contributed by atoms with E-state index in [9.17, 15) is 9.59 Å². The van der Waals surface area contributed by atoms with Crippen molar-refractivity contribution >= 4 is 27.7 Å². The second-order valence-electron chi connectivity index (χ2n) is 6.42. The van der Waals surface area contributed by atoms with Gasteiger partial charge in [-0.3, -0.25) is 9.59 Å². The molecule has 5 aromatic rings. The zero-order chi connectivity index (χ0) is 19.8. The molecule has 3 heterocycles. The van der Waals surface area contributed by atoms with Crippen molar-refractivity contribution in [1.29, 1.82) is 0 Å². The quantitative estimate of drug-likeness (QED) is 0.393. The van der Waals surface area contributed by atoms with Crippen LogP contribution in [0.4, 0.5) is 0 Å². The number of Topliss-reactive ketones (excluding diaryl/α,β-unsaturated/α-hetero) is 1. The van der Waals surface area contributed by atoms with E-state index >= 15 is 0 Å². The zero-order valence-electron chi connectivity index (χ0n) is 15.1. The van der Waals surface area contributed by atoms with Crippen molar-refractivity contribution < 1.29 is 22.8 Å². The first-order valence-electron chi connectivity index (χ1n) is 8.95. The number of ether oxygens (including phenoxy) is 1. The van der Waals surface area contributed by atoms with Gasteiger partial charge >= 0.3 is 0 Å². The van der Waals surface area contributed by atoms with Crippen LogP contribution in [0.15, 0.2) is 91.0 Å². The zero-order valence-corrected chi connectivity index (χ0v) is 15.1. The Hall–Kier alpha value is -4.06. The van der Waals surface area contributed by atoms with Crippen LogP contribution in [0, 0.1) is 0 Å². The van der Waals surface area contributed by atoms with Gasteiger partial charge < -0.3 is 18.0 Å². The first kappa shape index (κ1) is 17.1. The fraction of sp³-hybridized carbons (Fsp3) is 0.0435. The minimum Gasteiger partial charge on any atom is -0.478 e. The third kappa shape index (κ3) is 3.00. The fourth-order valence-electron chi connectivity index (χ4n) is 3.15. The average Bonchev–Trinajstić information content (AvgIpc) is 3.42. The molecule has 0 N–H and O–H groups in total. The highest BCUT2D eigenvalue weighted by Crippen LogP contribution is 2.31. The normalized spacial score (nSPS) is 11.2. The topological polar surface area (TPSA) is 82.8 Å². The molecule has 0 bridgehead atoms. The maximum absolute atomic E-state index is 13.0. The first-order chi connectivity index (χ1) is 14.2. The van der Waals surface area contributed by atoms with Crippen molar-refractivity contribution in [2.75, 3.05) is 6.61 Å². The van der Waals surface area contributed by atoms with Gasteiger partial charge in [0.15, 0.2) is 18.1 Å². The van der Waals surface area contributed by atoms with E-state index in [1.54, 1.807) is 48.5 Å². The van der Waals surface area contributed by atoms with Gasteiger partial charge in [0.2, 0.25) is 22.7 Å². The van der Waals surface area contributed by atoms with Gasteiger partial charge in [0.25, 0.3) is 0 Å². The molecule has 0 amide bonds. The van der Waals surface area contributed by atoms with E-state index in [0.717, 1.165) is 5.39 Å². The van der Waals surface area contributed by atoms with Gasteiger partial charge in [0.1, 0.15) is 11.2 Å². The second-order valence-corrected chi connectivity index (χ2v) is 6.42. The molecular weight excluding hydrogens is 372 g/mol. The van der Waals surface area contributed by atoms with Crippen LogP contribution in [0.5, 0.6) is 5.75 Å². The number of benzene rings is 2. The molecule has 29 heavy (non-hydrogen) atoms. The molecule has 3 aromatic heterocycles. The molecule has 0 radical (unpaired) electrons. The summed E-state index contributed by atoms with van der Waals surface area (Å²) in [4.78, 5) is 25.6. The number of ketones is 1. The van der Waals surface area contributed by atoms with E-state index in [0.29, 0.717) is 22.3 Å². The maximum atomic E-state index is 13.0. The average molecular weight is 386 g/mol. The van der Waals surface area contributed by atoms with Gasteiger partial charge in [-0.05, 0) is 36.4 Å². The van der Waals surface area contributed by atoms with Crippen LogP contribution < -0.4 is 10.2 Å². The van der Waals surface area contributed by atoms with E-state index in [1.807, 2.05) is 18.2 Å². The van der Waals surface area contributed by atoms with Gasteiger partial charge in [-0.1, -0.05) is 30.3 Å². The highest BCUT2D eigenvalue weighted by atomic mass is 16.5. The lowest BCUT2D eigenvalue weighted by Crippen LogP contribution is -2.16. The second kappa shape index (κ2) is 6.83. The van der Waals surface area contributed by atoms with Crippen LogP contribution in [-0.2, 0) is 0 Å². The Labute approximate surface area is 163 Å². The van der Waals surface area contributed by atoms with Crippen molar-refractivity contribution in [3.63, 3.8) is 0 Å². The lowest BCUT2D eigenvalue weighted by molar-refractivity contribution is 0.0894. The summed E-state index contributed by atoms with van der Waals surface area (Å²) in [5.74, 6) is 0.160. The molecule has 0 aliphatic carbocycles. The number of para-hydroxylation sites is 2. The van der Waals surface area contributed by atoms with Crippen molar-refractivity contribution in [3.8, 4) is 17.3 Å². The van der Waals surface area contributed by atoms with Crippen LogP contribution in [-0.4, -0.2) is 12.4 Å². The Balaban J connectivity index is 1.52. The summed E-state index contributed by atoms with van der Waals surface area (Å²) in [7, 11) is 0. The predicted octanol–water partition coefficient (Wildman–Crippen LogP) is 5.06. The number of fused-ring (bicyclic) bond motifs is 2. The van der Waals surface area contributed by atoms with Gasteiger partial charge in [-0.15, -0.1) is 0 Å². The molecular formula is C23H14O6. The maximum Gasteiger partial charge on any atom is 0.235 e. The van der Waals surface area contributed by atoms with E-state index in [-0.39, 0.29) is 35.1 Å². The number of carbonyl (C=O) groups is 1. The molecule has 0 spiro atoms. The van der Waals surface area contributed by atoms with Crippen LogP contribution in [0.1, 0.15) is 10.6 Å². The summed E-state index contributed by atoms with van der Waals surface area (Å²) in [6.07, 6.45) is 1.47. The monoisotopic (exact) mass is 386 g/mol. The van der Waals surface area contributed by atoms with Crippen LogP contribution in [0.3, 0.4) is 0 Å². The van der Waals surface area contributed by atoms with E-state index in [2.05, 4.69) is 0 Å². The fourth-order valence-corrected chi connectivity index (χ4v) is 3.15. The lowest BCUT2D eigenvalue weighted by atomic mass is 10.2. The molecule has 5 rings (SSSR count). The smallest absolute Gasteiger partial charge is 0.235 e. The third-order valence-corrected chi connectivity index (χ3v) is 4.55. The molecule has 0 aliphatic heterocycles. The molecule has 0 saturated heterocycles. The minimum absolute atomic E-state index is 0.0805. The summed E-state index contributed by atoms with van der Waals surface area (Å²) in [6, 6.07) is 19.1. The van der Waals surface area contributed by atoms with Crippen LogP contribution in [0.2, 0.25) is 0 Å². The van der Waals surface area contributed by atoms with Crippen LogP contribution in [0.25, 0.3) is 33.5 Å². The predicted molar refractivity (Wildman–Crippen MR) is 106 cm³/mol. The number of carbonyl (C=O) groups excluding carboxylic acids is 1. The van der Waals surface area contributed by atoms with Crippen molar-refractivity contribution in [2.45, 2.75) is 0 Å². The Morgan fingerprint density at radius 3 is 2.48 bits per heavy atom. The van der Waals surface area contributed by atoms with Crippen molar-refractivity contribution in [1.82, 2.24) is 0 Å². The minimum atomic E-state index is -0.390. The Kier molecular flexibility index (Phi) is 4.02. The highest BCUT2D eigenvalue weighted by Gasteiger charge is 2.21. The van der Waals surface area contributed by atoms with Crippen molar-refractivity contribution in [3.05, 3.63) is 89.0 Å². The molecule has 142 valence electrons. The van der Waals surface area contributed by atoms with Gasteiger partial charge in [-0.25, -0.2) is 0 Å². The number of hydrogen-bond acceptors (Lipinski definition) is 6. The number of hydrogen-bond donors (Lipinski definition) is 0. The third-order valence-electron chi connectivity index (χ3n) is 4.55. The summed E-state index contributed by atoms with van der Waals surface area (Å²) in [5, 5.41) is 1.17. The molecule has 0 fully saturated rings. The molecule has 0 saturated carbocycles. The molecule has 6 heteroatoms. The molecule has 6 nitrogen and oxygen atoms in total. The van der Waals surface area contributed by atoms with E-state index in [4.69, 9.17) is 18.0 Å². The van der Waals surface area contributed by atoms with E-state index < -0.39 is 0 Å². The Bertz CT molecular complexity index is 1360.